The van der Waals surface area contributed by atoms with Crippen LogP contribution in [-0.2, 0) is 0 Å². The number of allylic oxidation sites excluding steroid dienone is 10. The van der Waals surface area contributed by atoms with E-state index >= 15 is 0 Å². The third-order valence-electron chi connectivity index (χ3n) is 2.28. The van der Waals surface area contributed by atoms with Gasteiger partial charge in [-0.1, -0.05) is 74.9 Å². The van der Waals surface area contributed by atoms with E-state index in [0.717, 1.165) is 5.57 Å². The minimum absolute atomic E-state index is 0.268. The van der Waals surface area contributed by atoms with Gasteiger partial charge in [-0.25, -0.2) is 0 Å². The first kappa shape index (κ1) is 14.2. The Bertz CT molecular complexity index is 354. The standard InChI is InChI=1S/C15H19B/c1-5-9-12-14(11-7-3)15(16)13(8-4)10-6-2/h5-12,15H,1-4,16H2/b12-9-,13-10+,14-11+. The summed E-state index contributed by atoms with van der Waals surface area (Å²) in [6.45, 7) is 14.9. The molecule has 0 amide bonds. The predicted molar refractivity (Wildman–Crippen MR) is 78.4 cm³/mol. The molecule has 0 nitrogen and oxygen atoms in total. The molecule has 0 aromatic carbocycles. The van der Waals surface area contributed by atoms with E-state index < -0.39 is 0 Å². The van der Waals surface area contributed by atoms with Crippen LogP contribution in [0.5, 0.6) is 0 Å². The number of hydrogen-bond donors (Lipinski definition) is 0. The molecule has 0 aromatic heterocycles. The Balaban J connectivity index is 5.14. The maximum absolute atomic E-state index is 3.81. The van der Waals surface area contributed by atoms with E-state index in [1.165, 1.54) is 5.57 Å². The Morgan fingerprint density at radius 2 is 1.44 bits per heavy atom. The zero-order valence-corrected chi connectivity index (χ0v) is 10.0. The molecule has 0 aliphatic rings. The highest BCUT2D eigenvalue weighted by atomic mass is 14.1. The third-order valence-corrected chi connectivity index (χ3v) is 2.28. The molecule has 82 valence electrons. The fourth-order valence-electron chi connectivity index (χ4n) is 1.38. The van der Waals surface area contributed by atoms with Gasteiger partial charge in [-0.2, -0.15) is 0 Å². The molecule has 0 spiro atoms. The molecule has 0 N–H and O–H groups in total. The van der Waals surface area contributed by atoms with E-state index in [0.29, 0.717) is 0 Å². The maximum Gasteiger partial charge on any atom is 0.116 e. The van der Waals surface area contributed by atoms with Gasteiger partial charge in [0, 0.05) is 0 Å². The lowest BCUT2D eigenvalue weighted by Gasteiger charge is -2.13. The monoisotopic (exact) mass is 210 g/mol. The van der Waals surface area contributed by atoms with Crippen molar-refractivity contribution in [3.63, 3.8) is 0 Å². The minimum Gasteiger partial charge on any atom is -0.0991 e. The van der Waals surface area contributed by atoms with Crippen LogP contribution in [0.25, 0.3) is 0 Å². The molecule has 0 aliphatic heterocycles. The van der Waals surface area contributed by atoms with Crippen LogP contribution in [-0.4, -0.2) is 7.85 Å². The van der Waals surface area contributed by atoms with E-state index in [9.17, 15) is 0 Å². The van der Waals surface area contributed by atoms with Gasteiger partial charge in [0.15, 0.2) is 0 Å². The molecule has 0 heterocycles. The average Bonchev–Trinajstić information content (AvgIpc) is 2.30. The van der Waals surface area contributed by atoms with Crippen molar-refractivity contribution in [3.05, 3.63) is 86.1 Å². The molecular weight excluding hydrogens is 191 g/mol. The smallest absolute Gasteiger partial charge is 0.0991 e. The highest BCUT2D eigenvalue weighted by Crippen LogP contribution is 2.25. The van der Waals surface area contributed by atoms with E-state index in [1.807, 2.05) is 30.4 Å². The van der Waals surface area contributed by atoms with Gasteiger partial charge < -0.3 is 0 Å². The van der Waals surface area contributed by atoms with Crippen LogP contribution >= 0.6 is 0 Å². The van der Waals surface area contributed by atoms with Crippen LogP contribution in [0.2, 0.25) is 5.82 Å². The van der Waals surface area contributed by atoms with Gasteiger partial charge >= 0.3 is 0 Å². The second-order valence-corrected chi connectivity index (χ2v) is 3.33. The van der Waals surface area contributed by atoms with Crippen LogP contribution in [0.3, 0.4) is 0 Å². The normalized spacial score (nSPS) is 14.5. The Hall–Kier alpha value is -1.76. The maximum atomic E-state index is 3.81. The molecule has 0 aliphatic carbocycles. The van der Waals surface area contributed by atoms with E-state index in [1.54, 1.807) is 18.2 Å². The predicted octanol–water partition coefficient (Wildman–Crippen LogP) is 3.56. The van der Waals surface area contributed by atoms with Crippen LogP contribution < -0.4 is 0 Å². The summed E-state index contributed by atoms with van der Waals surface area (Å²) in [4.78, 5) is 0. The van der Waals surface area contributed by atoms with E-state index in [-0.39, 0.29) is 5.82 Å². The fraction of sp³-hybridized carbons (Fsp3) is 0.0667. The quantitative estimate of drug-likeness (QED) is 0.445. The molecular formula is C15H19B. The van der Waals surface area contributed by atoms with Gasteiger partial charge in [0.05, 0.1) is 0 Å². The van der Waals surface area contributed by atoms with Crippen molar-refractivity contribution >= 4 is 7.85 Å². The highest BCUT2D eigenvalue weighted by Gasteiger charge is 2.07. The van der Waals surface area contributed by atoms with Crippen molar-refractivity contribution in [2.75, 3.05) is 0 Å². The molecule has 0 saturated heterocycles. The van der Waals surface area contributed by atoms with Crippen molar-refractivity contribution in [2.24, 2.45) is 0 Å². The van der Waals surface area contributed by atoms with Gasteiger partial charge in [-0.05, 0) is 17.0 Å². The highest BCUT2D eigenvalue weighted by molar-refractivity contribution is 6.16. The van der Waals surface area contributed by atoms with Crippen molar-refractivity contribution in [1.82, 2.24) is 0 Å². The summed E-state index contributed by atoms with van der Waals surface area (Å²) in [5, 5.41) is 0. The van der Waals surface area contributed by atoms with Crippen LogP contribution in [0.4, 0.5) is 0 Å². The fourth-order valence-corrected chi connectivity index (χ4v) is 1.38. The summed E-state index contributed by atoms with van der Waals surface area (Å²) in [5.41, 5.74) is 2.31. The second kappa shape index (κ2) is 8.54. The Kier molecular flexibility index (Phi) is 7.61. The van der Waals surface area contributed by atoms with Gasteiger partial charge in [0.1, 0.15) is 7.85 Å². The van der Waals surface area contributed by atoms with Gasteiger partial charge in [0.25, 0.3) is 0 Å². The zero-order chi connectivity index (χ0) is 12.4. The summed E-state index contributed by atoms with van der Waals surface area (Å²) in [6, 6.07) is 0. The van der Waals surface area contributed by atoms with Crippen LogP contribution in [0, 0.1) is 0 Å². The molecule has 0 saturated carbocycles. The van der Waals surface area contributed by atoms with Gasteiger partial charge in [-0.15, -0.1) is 0 Å². The molecule has 0 bridgehead atoms. The SMILES string of the molecule is BC(/C(C=C)=C/C=C)C(/C=C\C=C)=C/C=C. The van der Waals surface area contributed by atoms with Crippen molar-refractivity contribution < 1.29 is 0 Å². The number of rotatable bonds is 7. The van der Waals surface area contributed by atoms with Crippen LogP contribution in [0.1, 0.15) is 0 Å². The van der Waals surface area contributed by atoms with E-state index in [2.05, 4.69) is 34.2 Å². The average molecular weight is 210 g/mol. The summed E-state index contributed by atoms with van der Waals surface area (Å²) in [5.74, 6) is 0.268. The molecule has 0 rings (SSSR count). The molecule has 0 radical (unpaired) electrons. The third kappa shape index (κ3) is 4.65. The Morgan fingerprint density at radius 3 is 1.88 bits per heavy atom. The van der Waals surface area contributed by atoms with Crippen molar-refractivity contribution in [1.29, 1.82) is 0 Å². The van der Waals surface area contributed by atoms with Gasteiger partial charge in [-0.3, -0.25) is 0 Å². The zero-order valence-electron chi connectivity index (χ0n) is 10.0. The summed E-state index contributed by atoms with van der Waals surface area (Å²) in [6.07, 6.45) is 15.1. The largest absolute Gasteiger partial charge is 0.116 e. The lowest BCUT2D eigenvalue weighted by Crippen LogP contribution is -1.97. The summed E-state index contributed by atoms with van der Waals surface area (Å²) >= 11 is 0. The molecule has 1 atom stereocenters. The lowest BCUT2D eigenvalue weighted by atomic mass is 9.74. The van der Waals surface area contributed by atoms with Crippen molar-refractivity contribution in [3.8, 4) is 0 Å². The molecule has 16 heavy (non-hydrogen) atoms. The summed E-state index contributed by atoms with van der Waals surface area (Å²) < 4.78 is 0. The number of hydrogen-bond acceptors (Lipinski definition) is 0. The first-order valence-electron chi connectivity index (χ1n) is 5.28. The second-order valence-electron chi connectivity index (χ2n) is 3.33. The summed E-state index contributed by atoms with van der Waals surface area (Å²) in [7, 11) is 2.12. The van der Waals surface area contributed by atoms with Crippen molar-refractivity contribution in [2.45, 2.75) is 5.82 Å². The Labute approximate surface area is 100 Å². The minimum atomic E-state index is 0.268. The Morgan fingerprint density at radius 1 is 0.875 bits per heavy atom. The first-order chi connectivity index (χ1) is 7.71. The first-order valence-corrected chi connectivity index (χ1v) is 5.28. The van der Waals surface area contributed by atoms with Gasteiger partial charge in [0.2, 0.25) is 0 Å². The lowest BCUT2D eigenvalue weighted by molar-refractivity contribution is 1.20. The molecule has 1 unspecified atom stereocenters. The molecule has 0 fully saturated rings. The topological polar surface area (TPSA) is 0 Å². The van der Waals surface area contributed by atoms with E-state index in [4.69, 9.17) is 0 Å². The van der Waals surface area contributed by atoms with Crippen LogP contribution in [0.15, 0.2) is 86.1 Å². The molecule has 0 aromatic rings. The molecule has 1 heteroatoms.